The van der Waals surface area contributed by atoms with Crippen LogP contribution in [0.5, 0.6) is 0 Å². The van der Waals surface area contributed by atoms with Gasteiger partial charge in [0, 0.05) is 19.1 Å². The largest absolute Gasteiger partial charge is 0.330 e. The minimum atomic E-state index is -0.426. The molecular formula is C23H32FN5O2. The molecule has 0 aliphatic carbocycles. The lowest BCUT2D eigenvalue weighted by atomic mass is 9.82. The van der Waals surface area contributed by atoms with Crippen molar-refractivity contribution in [2.75, 3.05) is 0 Å². The number of halogens is 1. The number of unbranched alkanes of at least 4 members (excludes halogenated alkanes) is 1. The SMILES string of the molecule is CCCCn1c(=O)[nH]c(=O)c2c1nc(CNC(c1ccc(F)cc1)C(C)(C)C)n2CC. The van der Waals surface area contributed by atoms with Crippen molar-refractivity contribution in [2.45, 2.75) is 73.1 Å². The molecule has 1 unspecified atom stereocenters. The molecule has 0 aliphatic rings. The summed E-state index contributed by atoms with van der Waals surface area (Å²) in [7, 11) is 0. The molecule has 0 bridgehead atoms. The number of aryl methyl sites for hydroxylation is 2. The van der Waals surface area contributed by atoms with E-state index in [9.17, 15) is 14.0 Å². The highest BCUT2D eigenvalue weighted by Crippen LogP contribution is 2.33. The van der Waals surface area contributed by atoms with Crippen molar-refractivity contribution in [2.24, 2.45) is 5.41 Å². The van der Waals surface area contributed by atoms with Gasteiger partial charge in [-0.3, -0.25) is 14.3 Å². The Morgan fingerprint density at radius 3 is 2.39 bits per heavy atom. The zero-order chi connectivity index (χ0) is 22.8. The second kappa shape index (κ2) is 9.18. The van der Waals surface area contributed by atoms with Gasteiger partial charge in [-0.15, -0.1) is 0 Å². The van der Waals surface area contributed by atoms with E-state index in [1.54, 1.807) is 16.7 Å². The number of nitrogens with one attached hydrogen (secondary N) is 2. The number of H-pyrrole nitrogens is 1. The Kier molecular flexibility index (Phi) is 6.79. The van der Waals surface area contributed by atoms with Crippen LogP contribution < -0.4 is 16.6 Å². The number of rotatable bonds is 8. The van der Waals surface area contributed by atoms with Gasteiger partial charge >= 0.3 is 5.69 Å². The summed E-state index contributed by atoms with van der Waals surface area (Å²) < 4.78 is 16.8. The highest BCUT2D eigenvalue weighted by atomic mass is 19.1. The number of nitrogens with zero attached hydrogens (tertiary/aromatic N) is 3. The van der Waals surface area contributed by atoms with E-state index in [-0.39, 0.29) is 17.3 Å². The third kappa shape index (κ3) is 4.79. The van der Waals surface area contributed by atoms with E-state index in [4.69, 9.17) is 4.98 Å². The van der Waals surface area contributed by atoms with Gasteiger partial charge < -0.3 is 9.88 Å². The molecule has 1 atom stereocenters. The summed E-state index contributed by atoms with van der Waals surface area (Å²) in [6.07, 6.45) is 1.76. The molecule has 0 aliphatic heterocycles. The van der Waals surface area contributed by atoms with E-state index in [0.717, 1.165) is 18.4 Å². The quantitative estimate of drug-likeness (QED) is 0.572. The van der Waals surface area contributed by atoms with Crippen LogP contribution >= 0.6 is 0 Å². The first kappa shape index (κ1) is 22.9. The Bertz CT molecular complexity index is 1150. The minimum absolute atomic E-state index is 0.0567. The van der Waals surface area contributed by atoms with Crippen LogP contribution in [0.15, 0.2) is 33.9 Å². The highest BCUT2D eigenvalue weighted by molar-refractivity contribution is 5.71. The van der Waals surface area contributed by atoms with Crippen LogP contribution in [0.1, 0.15) is 64.9 Å². The number of imidazole rings is 1. The topological polar surface area (TPSA) is 84.7 Å². The van der Waals surface area contributed by atoms with Crippen molar-refractivity contribution < 1.29 is 4.39 Å². The molecule has 168 valence electrons. The summed E-state index contributed by atoms with van der Waals surface area (Å²) in [5, 5.41) is 3.54. The molecule has 0 spiro atoms. The lowest BCUT2D eigenvalue weighted by molar-refractivity contribution is 0.268. The second-order valence-electron chi connectivity index (χ2n) is 8.94. The number of fused-ring (bicyclic) bond motifs is 1. The molecule has 3 rings (SSSR count). The molecular weight excluding hydrogens is 397 g/mol. The van der Waals surface area contributed by atoms with Crippen molar-refractivity contribution in [1.82, 2.24) is 24.4 Å². The van der Waals surface area contributed by atoms with Crippen molar-refractivity contribution in [3.8, 4) is 0 Å². The number of benzene rings is 1. The van der Waals surface area contributed by atoms with Gasteiger partial charge in [0.25, 0.3) is 5.56 Å². The van der Waals surface area contributed by atoms with Crippen LogP contribution in [0.2, 0.25) is 0 Å². The van der Waals surface area contributed by atoms with E-state index in [1.807, 2.05) is 11.5 Å². The fraction of sp³-hybridized carbons (Fsp3) is 0.522. The summed E-state index contributed by atoms with van der Waals surface area (Å²) in [6, 6.07) is 6.44. The average molecular weight is 430 g/mol. The minimum Gasteiger partial charge on any atom is -0.321 e. The van der Waals surface area contributed by atoms with Gasteiger partial charge in [0.1, 0.15) is 11.6 Å². The first-order valence-corrected chi connectivity index (χ1v) is 10.9. The van der Waals surface area contributed by atoms with Crippen molar-refractivity contribution in [3.63, 3.8) is 0 Å². The monoisotopic (exact) mass is 429 g/mol. The van der Waals surface area contributed by atoms with E-state index in [2.05, 4.69) is 38.0 Å². The molecule has 0 fully saturated rings. The number of hydrogen-bond acceptors (Lipinski definition) is 4. The first-order chi connectivity index (χ1) is 14.7. The van der Waals surface area contributed by atoms with E-state index in [0.29, 0.717) is 36.6 Å². The lowest BCUT2D eigenvalue weighted by Gasteiger charge is -2.32. The van der Waals surface area contributed by atoms with Gasteiger partial charge in [-0.25, -0.2) is 14.2 Å². The normalized spacial score (nSPS) is 13.1. The Hall–Kier alpha value is -2.74. The van der Waals surface area contributed by atoms with Crippen LogP contribution in [0.25, 0.3) is 11.2 Å². The van der Waals surface area contributed by atoms with Crippen LogP contribution in [0, 0.1) is 11.2 Å². The molecule has 0 saturated carbocycles. The highest BCUT2D eigenvalue weighted by Gasteiger charge is 2.27. The molecule has 0 radical (unpaired) electrons. The van der Waals surface area contributed by atoms with Crippen LogP contribution in [0.4, 0.5) is 4.39 Å². The Balaban J connectivity index is 2.02. The molecule has 2 aromatic heterocycles. The van der Waals surface area contributed by atoms with Gasteiger partial charge in [-0.1, -0.05) is 46.2 Å². The maximum atomic E-state index is 13.4. The van der Waals surface area contributed by atoms with Gasteiger partial charge in [-0.2, -0.15) is 0 Å². The molecule has 2 heterocycles. The molecule has 1 aromatic carbocycles. The van der Waals surface area contributed by atoms with Crippen LogP contribution in [0.3, 0.4) is 0 Å². The fourth-order valence-corrected chi connectivity index (χ4v) is 3.99. The first-order valence-electron chi connectivity index (χ1n) is 10.9. The Morgan fingerprint density at radius 1 is 1.13 bits per heavy atom. The summed E-state index contributed by atoms with van der Waals surface area (Å²) in [5.74, 6) is 0.420. The number of aromatic nitrogens is 4. The lowest BCUT2D eigenvalue weighted by Crippen LogP contribution is -2.33. The molecule has 7 nitrogen and oxygen atoms in total. The van der Waals surface area contributed by atoms with Crippen molar-refractivity contribution in [1.29, 1.82) is 0 Å². The Morgan fingerprint density at radius 2 is 1.81 bits per heavy atom. The standard InChI is InChI=1S/C23H32FN5O2/c1-6-8-13-29-20-18(21(30)27-22(29)31)28(7-2)17(26-20)14-25-19(23(3,4)5)15-9-11-16(24)12-10-15/h9-12,19,25H,6-8,13-14H2,1-5H3,(H,27,30,31). The van der Waals surface area contributed by atoms with Crippen molar-refractivity contribution >= 4 is 11.2 Å². The Labute approximate surface area is 181 Å². The van der Waals surface area contributed by atoms with Gasteiger partial charge in [-0.05, 0) is 36.5 Å². The van der Waals surface area contributed by atoms with E-state index < -0.39 is 11.2 Å². The number of aromatic amines is 1. The second-order valence-corrected chi connectivity index (χ2v) is 8.94. The van der Waals surface area contributed by atoms with Crippen LogP contribution in [-0.4, -0.2) is 19.1 Å². The predicted molar refractivity (Wildman–Crippen MR) is 121 cm³/mol. The van der Waals surface area contributed by atoms with E-state index >= 15 is 0 Å². The smallest absolute Gasteiger partial charge is 0.321 e. The summed E-state index contributed by atoms with van der Waals surface area (Å²) >= 11 is 0. The third-order valence-electron chi connectivity index (χ3n) is 5.55. The van der Waals surface area contributed by atoms with Crippen molar-refractivity contribution in [3.05, 3.63) is 62.3 Å². The average Bonchev–Trinajstić information content (AvgIpc) is 3.07. The van der Waals surface area contributed by atoms with E-state index in [1.165, 1.54) is 12.1 Å². The predicted octanol–water partition coefficient (Wildman–Crippen LogP) is 3.72. The van der Waals surface area contributed by atoms with Gasteiger partial charge in [0.2, 0.25) is 0 Å². The van der Waals surface area contributed by atoms with Gasteiger partial charge in [0.05, 0.1) is 6.54 Å². The zero-order valence-electron chi connectivity index (χ0n) is 19.0. The summed E-state index contributed by atoms with van der Waals surface area (Å²) in [6.45, 7) is 11.8. The molecule has 31 heavy (non-hydrogen) atoms. The zero-order valence-corrected chi connectivity index (χ0v) is 19.0. The molecule has 3 aromatic rings. The number of hydrogen-bond donors (Lipinski definition) is 2. The molecule has 2 N–H and O–H groups in total. The fourth-order valence-electron chi connectivity index (χ4n) is 3.99. The third-order valence-corrected chi connectivity index (χ3v) is 5.55. The molecule has 0 saturated heterocycles. The summed E-state index contributed by atoms with van der Waals surface area (Å²) in [4.78, 5) is 32.1. The maximum Gasteiger partial charge on any atom is 0.330 e. The maximum absolute atomic E-state index is 13.4. The van der Waals surface area contributed by atoms with Gasteiger partial charge in [0.15, 0.2) is 11.2 Å². The molecule has 0 amide bonds. The molecule has 8 heteroatoms. The van der Waals surface area contributed by atoms with Crippen LogP contribution in [-0.2, 0) is 19.6 Å². The summed E-state index contributed by atoms with van der Waals surface area (Å²) in [5.41, 5.74) is 0.843.